The maximum absolute atomic E-state index is 12.1. The minimum Gasteiger partial charge on any atom is -0.347 e. The molecule has 3 N–H and O–H groups in total. The van der Waals surface area contributed by atoms with Gasteiger partial charge in [0, 0.05) is 18.2 Å². The second-order valence-electron chi connectivity index (χ2n) is 5.05. The number of carbonyl (C=O) groups is 1. The first kappa shape index (κ1) is 15.5. The number of hydrogen-bond donors (Lipinski definition) is 3. The van der Waals surface area contributed by atoms with Crippen molar-refractivity contribution in [1.82, 2.24) is 20.8 Å². The summed E-state index contributed by atoms with van der Waals surface area (Å²) in [5.41, 5.74) is 2.30. The zero-order valence-corrected chi connectivity index (χ0v) is 12.5. The average Bonchev–Trinajstić information content (AvgIpc) is 2.99. The van der Waals surface area contributed by atoms with Crippen molar-refractivity contribution in [3.05, 3.63) is 42.1 Å². The molecule has 0 bridgehead atoms. The lowest BCUT2D eigenvalue weighted by Gasteiger charge is -2.23. The molecular formula is C15H19ClN4O. The van der Waals surface area contributed by atoms with Crippen LogP contribution < -0.4 is 10.6 Å². The second kappa shape index (κ2) is 7.24. The molecule has 1 fully saturated rings. The van der Waals surface area contributed by atoms with Crippen LogP contribution in [-0.4, -0.2) is 35.2 Å². The first-order valence-corrected chi connectivity index (χ1v) is 6.95. The zero-order valence-electron chi connectivity index (χ0n) is 11.6. The lowest BCUT2D eigenvalue weighted by Crippen LogP contribution is -2.45. The van der Waals surface area contributed by atoms with Crippen LogP contribution in [0.15, 0.2) is 36.4 Å². The van der Waals surface area contributed by atoms with Crippen molar-refractivity contribution in [2.45, 2.75) is 18.9 Å². The molecular weight excluding hydrogens is 288 g/mol. The number of nitrogens with one attached hydrogen (secondary N) is 3. The van der Waals surface area contributed by atoms with Gasteiger partial charge in [0.25, 0.3) is 5.91 Å². The van der Waals surface area contributed by atoms with E-state index in [1.165, 1.54) is 0 Å². The molecule has 1 aliphatic heterocycles. The highest BCUT2D eigenvalue weighted by molar-refractivity contribution is 5.93. The molecule has 1 aromatic carbocycles. The molecule has 5 nitrogen and oxygen atoms in total. The topological polar surface area (TPSA) is 69.8 Å². The maximum atomic E-state index is 12.1. The predicted octanol–water partition coefficient (Wildman–Crippen LogP) is 1.98. The molecule has 1 amide bonds. The SMILES string of the molecule is Cl.O=C(NC1CCCNC1)c1cc(-c2ccccc2)n[nH]1. The van der Waals surface area contributed by atoms with Gasteiger partial charge in [-0.1, -0.05) is 30.3 Å². The fourth-order valence-corrected chi connectivity index (χ4v) is 2.43. The van der Waals surface area contributed by atoms with Crippen LogP contribution in [0.25, 0.3) is 11.3 Å². The van der Waals surface area contributed by atoms with E-state index in [0.29, 0.717) is 5.69 Å². The molecule has 2 heterocycles. The van der Waals surface area contributed by atoms with E-state index in [0.717, 1.165) is 37.2 Å². The minimum absolute atomic E-state index is 0. The number of benzene rings is 1. The number of aromatic amines is 1. The maximum Gasteiger partial charge on any atom is 0.269 e. The van der Waals surface area contributed by atoms with Crippen molar-refractivity contribution in [3.63, 3.8) is 0 Å². The third kappa shape index (κ3) is 3.83. The van der Waals surface area contributed by atoms with Crippen LogP contribution in [-0.2, 0) is 0 Å². The van der Waals surface area contributed by atoms with E-state index in [2.05, 4.69) is 20.8 Å². The molecule has 21 heavy (non-hydrogen) atoms. The van der Waals surface area contributed by atoms with Gasteiger partial charge < -0.3 is 10.6 Å². The summed E-state index contributed by atoms with van der Waals surface area (Å²) in [7, 11) is 0. The number of amides is 1. The van der Waals surface area contributed by atoms with Gasteiger partial charge in [-0.2, -0.15) is 5.10 Å². The molecule has 0 radical (unpaired) electrons. The second-order valence-corrected chi connectivity index (χ2v) is 5.05. The quantitative estimate of drug-likeness (QED) is 0.812. The Bertz CT molecular complexity index is 578. The lowest BCUT2D eigenvalue weighted by atomic mass is 10.1. The van der Waals surface area contributed by atoms with E-state index in [-0.39, 0.29) is 24.4 Å². The monoisotopic (exact) mass is 306 g/mol. The summed E-state index contributed by atoms with van der Waals surface area (Å²) < 4.78 is 0. The van der Waals surface area contributed by atoms with Crippen LogP contribution in [0, 0.1) is 0 Å². The van der Waals surface area contributed by atoms with Crippen molar-refractivity contribution in [2.24, 2.45) is 0 Å². The fourth-order valence-electron chi connectivity index (χ4n) is 2.43. The van der Waals surface area contributed by atoms with Crippen LogP contribution in [0.1, 0.15) is 23.3 Å². The number of hydrogen-bond acceptors (Lipinski definition) is 3. The van der Waals surface area contributed by atoms with Crippen molar-refractivity contribution in [3.8, 4) is 11.3 Å². The third-order valence-corrected chi connectivity index (χ3v) is 3.52. The average molecular weight is 307 g/mol. The molecule has 1 aromatic heterocycles. The van der Waals surface area contributed by atoms with Gasteiger partial charge >= 0.3 is 0 Å². The number of carbonyl (C=O) groups excluding carboxylic acids is 1. The first-order valence-electron chi connectivity index (χ1n) is 6.95. The molecule has 3 rings (SSSR count). The number of rotatable bonds is 3. The summed E-state index contributed by atoms with van der Waals surface area (Å²) in [4.78, 5) is 12.1. The molecule has 0 aliphatic carbocycles. The Labute approximate surface area is 129 Å². The Kier molecular flexibility index (Phi) is 5.36. The van der Waals surface area contributed by atoms with Gasteiger partial charge in [-0.3, -0.25) is 9.89 Å². The molecule has 112 valence electrons. The number of nitrogens with zero attached hydrogens (tertiary/aromatic N) is 1. The highest BCUT2D eigenvalue weighted by Crippen LogP contribution is 2.17. The molecule has 1 atom stereocenters. The first-order chi connectivity index (χ1) is 9.83. The Hall–Kier alpha value is -1.85. The fraction of sp³-hybridized carbons (Fsp3) is 0.333. The highest BCUT2D eigenvalue weighted by atomic mass is 35.5. The van der Waals surface area contributed by atoms with Crippen molar-refractivity contribution < 1.29 is 4.79 Å². The summed E-state index contributed by atoms with van der Waals surface area (Å²) in [6.45, 7) is 1.88. The summed E-state index contributed by atoms with van der Waals surface area (Å²) in [6, 6.07) is 11.8. The van der Waals surface area contributed by atoms with Gasteiger partial charge in [0.2, 0.25) is 0 Å². The summed E-state index contributed by atoms with van der Waals surface area (Å²) >= 11 is 0. The van der Waals surface area contributed by atoms with E-state index < -0.39 is 0 Å². The van der Waals surface area contributed by atoms with Gasteiger partial charge in [0.15, 0.2) is 0 Å². The van der Waals surface area contributed by atoms with Gasteiger partial charge in [-0.05, 0) is 25.5 Å². The summed E-state index contributed by atoms with van der Waals surface area (Å²) in [6.07, 6.45) is 2.13. The summed E-state index contributed by atoms with van der Waals surface area (Å²) in [5.74, 6) is -0.0895. The molecule has 6 heteroatoms. The standard InChI is InChI=1S/C15H18N4O.ClH/c20-15(17-12-7-4-8-16-10-12)14-9-13(18-19-14)11-5-2-1-3-6-11;/h1-3,5-6,9,12,16H,4,7-8,10H2,(H,17,20)(H,18,19);1H. The third-order valence-electron chi connectivity index (χ3n) is 3.52. The lowest BCUT2D eigenvalue weighted by molar-refractivity contribution is 0.0925. The van der Waals surface area contributed by atoms with Crippen LogP contribution in [0.5, 0.6) is 0 Å². The van der Waals surface area contributed by atoms with E-state index in [1.807, 2.05) is 30.3 Å². The Balaban J connectivity index is 0.00000161. The van der Waals surface area contributed by atoms with Gasteiger partial charge in [-0.25, -0.2) is 0 Å². The largest absolute Gasteiger partial charge is 0.347 e. The predicted molar refractivity (Wildman–Crippen MR) is 84.6 cm³/mol. The molecule has 1 unspecified atom stereocenters. The number of H-pyrrole nitrogens is 1. The van der Waals surface area contributed by atoms with E-state index in [4.69, 9.17) is 0 Å². The van der Waals surface area contributed by atoms with Gasteiger partial charge in [-0.15, -0.1) is 12.4 Å². The molecule has 0 saturated carbocycles. The van der Waals surface area contributed by atoms with Crippen molar-refractivity contribution in [2.75, 3.05) is 13.1 Å². The Morgan fingerprint density at radius 1 is 1.29 bits per heavy atom. The van der Waals surface area contributed by atoms with E-state index in [9.17, 15) is 4.79 Å². The number of halogens is 1. The van der Waals surface area contributed by atoms with E-state index in [1.54, 1.807) is 6.07 Å². The Morgan fingerprint density at radius 2 is 2.10 bits per heavy atom. The van der Waals surface area contributed by atoms with Gasteiger partial charge in [0.1, 0.15) is 5.69 Å². The van der Waals surface area contributed by atoms with Crippen LogP contribution in [0.2, 0.25) is 0 Å². The summed E-state index contributed by atoms with van der Waals surface area (Å²) in [5, 5.41) is 13.3. The minimum atomic E-state index is -0.0895. The zero-order chi connectivity index (χ0) is 13.8. The molecule has 2 aromatic rings. The van der Waals surface area contributed by atoms with Crippen molar-refractivity contribution in [1.29, 1.82) is 0 Å². The van der Waals surface area contributed by atoms with Gasteiger partial charge in [0.05, 0.1) is 5.69 Å². The van der Waals surface area contributed by atoms with Crippen LogP contribution in [0.3, 0.4) is 0 Å². The normalized spacial score (nSPS) is 17.8. The molecule has 1 saturated heterocycles. The highest BCUT2D eigenvalue weighted by Gasteiger charge is 2.17. The number of piperidine rings is 1. The Morgan fingerprint density at radius 3 is 2.81 bits per heavy atom. The molecule has 1 aliphatic rings. The molecule has 0 spiro atoms. The number of aromatic nitrogens is 2. The van der Waals surface area contributed by atoms with E-state index >= 15 is 0 Å². The smallest absolute Gasteiger partial charge is 0.269 e. The van der Waals surface area contributed by atoms with Crippen molar-refractivity contribution >= 4 is 18.3 Å². The van der Waals surface area contributed by atoms with Crippen LogP contribution in [0.4, 0.5) is 0 Å². The van der Waals surface area contributed by atoms with Crippen LogP contribution >= 0.6 is 12.4 Å².